The van der Waals surface area contributed by atoms with Crippen molar-refractivity contribution in [1.82, 2.24) is 5.32 Å². The van der Waals surface area contributed by atoms with Gasteiger partial charge in [0.25, 0.3) is 10.0 Å². The Bertz CT molecular complexity index is 1210. The Morgan fingerprint density at radius 3 is 2.32 bits per heavy atom. The third-order valence-corrected chi connectivity index (χ3v) is 7.88. The number of hydrogen-bond acceptors (Lipinski definition) is 3. The molecule has 0 radical (unpaired) electrons. The molecule has 5 nitrogen and oxygen atoms in total. The number of anilines is 1. The van der Waals surface area contributed by atoms with Crippen molar-refractivity contribution in [2.75, 3.05) is 17.4 Å². The van der Waals surface area contributed by atoms with Crippen LogP contribution in [0.25, 0.3) is 0 Å². The fraction of sp³-hybridized carbons (Fsp3) is 0.296. The molecule has 0 aliphatic carbocycles. The zero-order valence-corrected chi connectivity index (χ0v) is 21.4. The van der Waals surface area contributed by atoms with E-state index in [-0.39, 0.29) is 23.3 Å². The van der Waals surface area contributed by atoms with Gasteiger partial charge in [-0.25, -0.2) is 8.42 Å². The van der Waals surface area contributed by atoms with E-state index in [1.54, 1.807) is 49.4 Å². The Hall–Kier alpha value is -2.83. The zero-order chi connectivity index (χ0) is 24.7. The van der Waals surface area contributed by atoms with Gasteiger partial charge in [-0.2, -0.15) is 0 Å². The smallest absolute Gasteiger partial charge is 0.264 e. The van der Waals surface area contributed by atoms with Crippen LogP contribution in [0.5, 0.6) is 0 Å². The van der Waals surface area contributed by atoms with Gasteiger partial charge in [0.1, 0.15) is 6.54 Å². The molecule has 3 aromatic rings. The highest BCUT2D eigenvalue weighted by Crippen LogP contribution is 2.29. The van der Waals surface area contributed by atoms with Gasteiger partial charge in [-0.05, 0) is 61.6 Å². The van der Waals surface area contributed by atoms with E-state index < -0.39 is 10.0 Å². The lowest BCUT2D eigenvalue weighted by atomic mass is 9.97. The normalized spacial score (nSPS) is 12.2. The monoisotopic (exact) mass is 498 g/mol. The molecule has 1 amide bonds. The number of halogens is 1. The van der Waals surface area contributed by atoms with E-state index in [1.165, 1.54) is 5.56 Å². The highest BCUT2D eigenvalue weighted by molar-refractivity contribution is 7.92. The Kier molecular flexibility index (Phi) is 8.75. The first-order valence-corrected chi connectivity index (χ1v) is 13.2. The summed E-state index contributed by atoms with van der Waals surface area (Å²) in [7, 11) is -3.98. The van der Waals surface area contributed by atoms with Gasteiger partial charge in [0, 0.05) is 11.6 Å². The van der Waals surface area contributed by atoms with Crippen LogP contribution in [0, 0.1) is 19.8 Å². The summed E-state index contributed by atoms with van der Waals surface area (Å²) in [5, 5.41) is 3.34. The van der Waals surface area contributed by atoms with Gasteiger partial charge in [0.15, 0.2) is 0 Å². The van der Waals surface area contributed by atoms with Crippen LogP contribution >= 0.6 is 11.6 Å². The fourth-order valence-electron chi connectivity index (χ4n) is 3.74. The van der Waals surface area contributed by atoms with Crippen LogP contribution in [0.1, 0.15) is 30.0 Å². The lowest BCUT2D eigenvalue weighted by Crippen LogP contribution is -2.42. The van der Waals surface area contributed by atoms with Crippen molar-refractivity contribution in [1.29, 1.82) is 0 Å². The number of nitrogens with one attached hydrogen (secondary N) is 1. The number of hydrogen-bond donors (Lipinski definition) is 1. The Morgan fingerprint density at radius 2 is 1.68 bits per heavy atom. The first-order valence-electron chi connectivity index (χ1n) is 11.4. The van der Waals surface area contributed by atoms with Gasteiger partial charge in [0.05, 0.1) is 10.6 Å². The van der Waals surface area contributed by atoms with Gasteiger partial charge in [0.2, 0.25) is 5.91 Å². The van der Waals surface area contributed by atoms with Crippen molar-refractivity contribution in [3.05, 3.63) is 94.5 Å². The molecule has 0 heterocycles. The fourth-order valence-corrected chi connectivity index (χ4v) is 5.38. The Balaban J connectivity index is 1.81. The molecule has 34 heavy (non-hydrogen) atoms. The van der Waals surface area contributed by atoms with E-state index >= 15 is 0 Å². The van der Waals surface area contributed by atoms with Crippen molar-refractivity contribution in [2.45, 2.75) is 38.5 Å². The third-order valence-electron chi connectivity index (χ3n) is 5.87. The number of benzene rings is 3. The standard InChI is InChI=1S/C27H31ClN2O3S/c1-4-22(16-23-8-6-5-7-9-23)18-29-27(31)19-30(26-17-24(28)13-12-21(26)3)34(32,33)25-14-10-20(2)11-15-25/h5-15,17,22H,4,16,18-19H2,1-3H3,(H,29,31). The minimum atomic E-state index is -3.98. The predicted octanol–water partition coefficient (Wildman–Crippen LogP) is 5.54. The molecule has 180 valence electrons. The SMILES string of the molecule is CCC(CNC(=O)CN(c1cc(Cl)ccc1C)S(=O)(=O)c1ccc(C)cc1)Cc1ccccc1. The lowest BCUT2D eigenvalue weighted by molar-refractivity contribution is -0.119. The average Bonchev–Trinajstić information content (AvgIpc) is 2.82. The van der Waals surface area contributed by atoms with E-state index in [0.717, 1.165) is 22.7 Å². The number of nitrogens with zero attached hydrogens (tertiary/aromatic N) is 1. The molecule has 0 saturated carbocycles. The van der Waals surface area contributed by atoms with Crippen LogP contribution < -0.4 is 9.62 Å². The molecule has 3 aromatic carbocycles. The molecule has 0 aliphatic rings. The second kappa shape index (κ2) is 11.5. The quantitative estimate of drug-likeness (QED) is 0.399. The highest BCUT2D eigenvalue weighted by Gasteiger charge is 2.28. The number of amides is 1. The van der Waals surface area contributed by atoms with Crippen LogP contribution in [0.15, 0.2) is 77.7 Å². The molecule has 1 atom stereocenters. The number of carbonyl (C=O) groups is 1. The second-order valence-corrected chi connectivity index (χ2v) is 10.8. The van der Waals surface area contributed by atoms with Crippen molar-refractivity contribution in [2.24, 2.45) is 5.92 Å². The molecule has 0 saturated heterocycles. The summed E-state index contributed by atoms with van der Waals surface area (Å²) >= 11 is 6.19. The van der Waals surface area contributed by atoms with Crippen LogP contribution in [0.2, 0.25) is 5.02 Å². The van der Waals surface area contributed by atoms with Crippen molar-refractivity contribution < 1.29 is 13.2 Å². The molecule has 0 fully saturated rings. The van der Waals surface area contributed by atoms with Crippen molar-refractivity contribution >= 4 is 33.2 Å². The van der Waals surface area contributed by atoms with E-state index in [2.05, 4.69) is 24.4 Å². The maximum Gasteiger partial charge on any atom is 0.264 e. The Morgan fingerprint density at radius 1 is 1.00 bits per heavy atom. The number of rotatable bonds is 10. The van der Waals surface area contributed by atoms with E-state index in [4.69, 9.17) is 11.6 Å². The molecule has 1 unspecified atom stereocenters. The van der Waals surface area contributed by atoms with Gasteiger partial charge in [-0.15, -0.1) is 0 Å². The van der Waals surface area contributed by atoms with Gasteiger partial charge in [-0.1, -0.05) is 79.0 Å². The van der Waals surface area contributed by atoms with Gasteiger partial charge < -0.3 is 5.32 Å². The number of carbonyl (C=O) groups excluding carboxylic acids is 1. The average molecular weight is 499 g/mol. The van der Waals surface area contributed by atoms with Gasteiger partial charge >= 0.3 is 0 Å². The minimum Gasteiger partial charge on any atom is -0.354 e. The highest BCUT2D eigenvalue weighted by atomic mass is 35.5. The number of sulfonamides is 1. The van der Waals surface area contributed by atoms with Crippen LogP contribution in [0.4, 0.5) is 5.69 Å². The van der Waals surface area contributed by atoms with Gasteiger partial charge in [-0.3, -0.25) is 9.10 Å². The lowest BCUT2D eigenvalue weighted by Gasteiger charge is -2.26. The van der Waals surface area contributed by atoms with Crippen molar-refractivity contribution in [3.63, 3.8) is 0 Å². The molecule has 0 bridgehead atoms. The summed E-state index contributed by atoms with van der Waals surface area (Å²) in [4.78, 5) is 13.1. The molecule has 3 rings (SSSR count). The molecular formula is C27H31ClN2O3S. The summed E-state index contributed by atoms with van der Waals surface area (Å²) in [5.74, 6) is -0.108. The number of aryl methyl sites for hydroxylation is 2. The maximum atomic E-state index is 13.6. The predicted molar refractivity (Wildman–Crippen MR) is 139 cm³/mol. The molecule has 0 aliphatic heterocycles. The third kappa shape index (κ3) is 6.61. The molecule has 0 aromatic heterocycles. The Labute approximate surface area is 207 Å². The van der Waals surface area contributed by atoms with Crippen LogP contribution in [-0.4, -0.2) is 27.4 Å². The largest absolute Gasteiger partial charge is 0.354 e. The van der Waals surface area contributed by atoms with Crippen molar-refractivity contribution in [3.8, 4) is 0 Å². The summed E-state index contributed by atoms with van der Waals surface area (Å²) in [6, 6.07) is 21.8. The first kappa shape index (κ1) is 25.8. The van der Waals surface area contributed by atoms with E-state index in [9.17, 15) is 13.2 Å². The first-order chi connectivity index (χ1) is 16.2. The topological polar surface area (TPSA) is 66.5 Å². The maximum absolute atomic E-state index is 13.6. The summed E-state index contributed by atoms with van der Waals surface area (Å²) in [6.45, 7) is 5.91. The van der Waals surface area contributed by atoms with E-state index in [0.29, 0.717) is 22.8 Å². The van der Waals surface area contributed by atoms with Crippen LogP contribution in [-0.2, 0) is 21.2 Å². The zero-order valence-electron chi connectivity index (χ0n) is 19.8. The minimum absolute atomic E-state index is 0.126. The molecule has 1 N–H and O–H groups in total. The van der Waals surface area contributed by atoms with Crippen LogP contribution in [0.3, 0.4) is 0 Å². The summed E-state index contributed by atoms with van der Waals surface area (Å²) in [6.07, 6.45) is 1.74. The molecule has 7 heteroatoms. The summed E-state index contributed by atoms with van der Waals surface area (Å²) in [5.41, 5.74) is 3.26. The van der Waals surface area contributed by atoms with E-state index in [1.807, 2.05) is 25.1 Å². The summed E-state index contributed by atoms with van der Waals surface area (Å²) < 4.78 is 28.3. The second-order valence-electron chi connectivity index (χ2n) is 8.52. The molecular weight excluding hydrogens is 468 g/mol. The molecule has 0 spiro atoms.